The summed E-state index contributed by atoms with van der Waals surface area (Å²) in [5, 5.41) is 16.2. The SMILES string of the molecule is CC(C)C(Nc1cc(Br)c(F)cc1[N+](=O)[O-])c1cccs1. The zero-order valence-corrected chi connectivity index (χ0v) is 13.9. The summed E-state index contributed by atoms with van der Waals surface area (Å²) in [5.41, 5.74) is 0.0401. The third-order valence-electron chi connectivity index (χ3n) is 3.06. The molecule has 0 fully saturated rings. The van der Waals surface area contributed by atoms with Crippen LogP contribution in [0.5, 0.6) is 0 Å². The quantitative estimate of drug-likeness (QED) is 0.567. The van der Waals surface area contributed by atoms with Crippen molar-refractivity contribution in [1.29, 1.82) is 0 Å². The Morgan fingerprint density at radius 1 is 1.43 bits per heavy atom. The number of nitro benzene ring substituents is 1. The van der Waals surface area contributed by atoms with Gasteiger partial charge in [0.25, 0.3) is 5.69 Å². The standard InChI is InChI=1S/C14H14BrFN2O2S/c1-8(2)14(13-4-3-5-21-13)17-11-6-9(15)10(16)7-12(11)18(19)20/h3-8,14,17H,1-2H3. The van der Waals surface area contributed by atoms with Crippen LogP contribution in [0.4, 0.5) is 15.8 Å². The molecule has 112 valence electrons. The average Bonchev–Trinajstić information content (AvgIpc) is 2.92. The van der Waals surface area contributed by atoms with Crippen LogP contribution in [0.1, 0.15) is 24.8 Å². The van der Waals surface area contributed by atoms with Crippen molar-refractivity contribution in [2.45, 2.75) is 19.9 Å². The molecule has 0 aliphatic carbocycles. The molecule has 7 heteroatoms. The zero-order valence-electron chi connectivity index (χ0n) is 11.5. The average molecular weight is 373 g/mol. The third-order valence-corrected chi connectivity index (χ3v) is 4.63. The van der Waals surface area contributed by atoms with E-state index in [9.17, 15) is 14.5 Å². The van der Waals surface area contributed by atoms with Gasteiger partial charge in [-0.25, -0.2) is 4.39 Å². The molecule has 1 heterocycles. The van der Waals surface area contributed by atoms with Gasteiger partial charge in [0, 0.05) is 4.88 Å². The molecule has 0 amide bonds. The van der Waals surface area contributed by atoms with E-state index in [0.717, 1.165) is 10.9 Å². The lowest BCUT2D eigenvalue weighted by Crippen LogP contribution is -2.16. The zero-order chi connectivity index (χ0) is 15.6. The van der Waals surface area contributed by atoms with Gasteiger partial charge in [0.15, 0.2) is 0 Å². The van der Waals surface area contributed by atoms with Gasteiger partial charge in [-0.05, 0) is 39.4 Å². The van der Waals surface area contributed by atoms with Crippen molar-refractivity contribution in [1.82, 2.24) is 0 Å². The smallest absolute Gasteiger partial charge is 0.295 e. The Kier molecular flexibility index (Phi) is 4.95. The highest BCUT2D eigenvalue weighted by molar-refractivity contribution is 9.10. The van der Waals surface area contributed by atoms with Gasteiger partial charge in [-0.15, -0.1) is 11.3 Å². The lowest BCUT2D eigenvalue weighted by atomic mass is 10.0. The Morgan fingerprint density at radius 3 is 2.67 bits per heavy atom. The van der Waals surface area contributed by atoms with Crippen LogP contribution in [-0.4, -0.2) is 4.92 Å². The van der Waals surface area contributed by atoms with Crippen LogP contribution in [0, 0.1) is 21.8 Å². The van der Waals surface area contributed by atoms with E-state index < -0.39 is 10.7 Å². The normalized spacial score (nSPS) is 12.4. The molecule has 1 aromatic carbocycles. The highest BCUT2D eigenvalue weighted by Crippen LogP contribution is 2.36. The maximum Gasteiger partial charge on any atom is 0.295 e. The van der Waals surface area contributed by atoms with E-state index in [4.69, 9.17) is 0 Å². The number of anilines is 1. The van der Waals surface area contributed by atoms with Crippen LogP contribution < -0.4 is 5.32 Å². The van der Waals surface area contributed by atoms with Crippen molar-refractivity contribution in [3.05, 3.63) is 54.9 Å². The number of benzene rings is 1. The van der Waals surface area contributed by atoms with E-state index in [0.29, 0.717) is 5.69 Å². The molecule has 1 unspecified atom stereocenters. The molecule has 0 aliphatic rings. The van der Waals surface area contributed by atoms with Gasteiger partial charge in [0.1, 0.15) is 11.5 Å². The minimum absolute atomic E-state index is 0.0685. The van der Waals surface area contributed by atoms with Gasteiger partial charge in [-0.2, -0.15) is 0 Å². The van der Waals surface area contributed by atoms with Gasteiger partial charge in [-0.1, -0.05) is 19.9 Å². The first-order chi connectivity index (χ1) is 9.90. The number of hydrogen-bond acceptors (Lipinski definition) is 4. The second kappa shape index (κ2) is 6.53. The second-order valence-corrected chi connectivity index (χ2v) is 6.76. The molecule has 0 aliphatic heterocycles. The first-order valence-corrected chi connectivity index (χ1v) is 8.00. The predicted octanol–water partition coefficient (Wildman–Crippen LogP) is 5.37. The van der Waals surface area contributed by atoms with Crippen LogP contribution in [0.2, 0.25) is 0 Å². The first-order valence-electron chi connectivity index (χ1n) is 6.33. The molecule has 4 nitrogen and oxygen atoms in total. The fourth-order valence-corrected chi connectivity index (χ4v) is 3.30. The maximum atomic E-state index is 13.5. The van der Waals surface area contributed by atoms with Crippen molar-refractivity contribution in [2.75, 3.05) is 5.32 Å². The second-order valence-electron chi connectivity index (χ2n) is 4.92. The Balaban J connectivity index is 2.41. The largest absolute Gasteiger partial charge is 0.372 e. The van der Waals surface area contributed by atoms with Crippen LogP contribution in [0.15, 0.2) is 34.1 Å². The summed E-state index contributed by atoms with van der Waals surface area (Å²) in [6.45, 7) is 4.06. The topological polar surface area (TPSA) is 55.2 Å². The Morgan fingerprint density at radius 2 is 2.14 bits per heavy atom. The number of thiophene rings is 1. The third kappa shape index (κ3) is 3.59. The molecule has 0 saturated heterocycles. The van der Waals surface area contributed by atoms with Crippen molar-refractivity contribution >= 4 is 38.6 Å². The fourth-order valence-electron chi connectivity index (χ4n) is 2.01. The summed E-state index contributed by atoms with van der Waals surface area (Å²) in [6, 6.07) is 6.19. The number of nitro groups is 1. The molecular formula is C14H14BrFN2O2S. The molecule has 1 aromatic heterocycles. The lowest BCUT2D eigenvalue weighted by molar-refractivity contribution is -0.384. The predicted molar refractivity (Wildman–Crippen MR) is 86.3 cm³/mol. The first kappa shape index (κ1) is 15.9. The number of halogens is 2. The number of rotatable bonds is 5. The van der Waals surface area contributed by atoms with Crippen LogP contribution in [0.25, 0.3) is 0 Å². The van der Waals surface area contributed by atoms with Gasteiger partial charge in [0.2, 0.25) is 0 Å². The molecule has 0 saturated carbocycles. The van der Waals surface area contributed by atoms with E-state index >= 15 is 0 Å². The van der Waals surface area contributed by atoms with E-state index in [1.807, 2.05) is 31.4 Å². The van der Waals surface area contributed by atoms with Crippen LogP contribution in [0.3, 0.4) is 0 Å². The Bertz CT molecular complexity index is 647. The van der Waals surface area contributed by atoms with E-state index in [1.54, 1.807) is 11.3 Å². The summed E-state index contributed by atoms with van der Waals surface area (Å²) in [5.74, 6) is -0.420. The van der Waals surface area contributed by atoms with Gasteiger partial charge >= 0.3 is 0 Å². The number of nitrogens with one attached hydrogen (secondary N) is 1. The maximum absolute atomic E-state index is 13.5. The Hall–Kier alpha value is -1.47. The van der Waals surface area contributed by atoms with Gasteiger partial charge < -0.3 is 5.32 Å². The minimum atomic E-state index is -0.649. The number of hydrogen-bond donors (Lipinski definition) is 1. The fraction of sp³-hybridized carbons (Fsp3) is 0.286. The molecule has 21 heavy (non-hydrogen) atoms. The molecule has 0 spiro atoms. The molecular weight excluding hydrogens is 359 g/mol. The lowest BCUT2D eigenvalue weighted by Gasteiger charge is -2.22. The van der Waals surface area contributed by atoms with Crippen molar-refractivity contribution in [3.63, 3.8) is 0 Å². The minimum Gasteiger partial charge on any atom is -0.372 e. The molecule has 2 rings (SSSR count). The van der Waals surface area contributed by atoms with Crippen LogP contribution in [-0.2, 0) is 0 Å². The van der Waals surface area contributed by atoms with E-state index in [-0.39, 0.29) is 22.1 Å². The molecule has 2 aromatic rings. The summed E-state index contributed by atoms with van der Waals surface area (Å²) in [6.07, 6.45) is 0. The number of nitrogens with zero attached hydrogens (tertiary/aromatic N) is 1. The molecule has 0 bridgehead atoms. The highest BCUT2D eigenvalue weighted by atomic mass is 79.9. The van der Waals surface area contributed by atoms with E-state index in [2.05, 4.69) is 21.2 Å². The van der Waals surface area contributed by atoms with E-state index in [1.165, 1.54) is 6.07 Å². The molecule has 1 atom stereocenters. The van der Waals surface area contributed by atoms with Crippen molar-refractivity contribution < 1.29 is 9.31 Å². The Labute approximate surface area is 134 Å². The highest BCUT2D eigenvalue weighted by Gasteiger charge is 2.23. The summed E-state index contributed by atoms with van der Waals surface area (Å²) < 4.78 is 13.7. The van der Waals surface area contributed by atoms with Crippen molar-refractivity contribution in [2.24, 2.45) is 5.92 Å². The summed E-state index contributed by atoms with van der Waals surface area (Å²) >= 11 is 4.65. The monoisotopic (exact) mass is 372 g/mol. The summed E-state index contributed by atoms with van der Waals surface area (Å²) in [4.78, 5) is 11.6. The van der Waals surface area contributed by atoms with Gasteiger partial charge in [-0.3, -0.25) is 10.1 Å². The molecule has 1 N–H and O–H groups in total. The molecule has 0 radical (unpaired) electrons. The van der Waals surface area contributed by atoms with Crippen LogP contribution >= 0.6 is 27.3 Å². The summed E-state index contributed by atoms with van der Waals surface area (Å²) in [7, 11) is 0. The van der Waals surface area contributed by atoms with Gasteiger partial charge in [0.05, 0.1) is 21.5 Å². The van der Waals surface area contributed by atoms with Crippen molar-refractivity contribution in [3.8, 4) is 0 Å².